The predicted octanol–water partition coefficient (Wildman–Crippen LogP) is 4.10. The molecule has 0 radical (unpaired) electrons. The number of ether oxygens (including phenoxy) is 1. The summed E-state index contributed by atoms with van der Waals surface area (Å²) in [5.41, 5.74) is 2.80. The summed E-state index contributed by atoms with van der Waals surface area (Å²) in [6.45, 7) is 2.50. The summed E-state index contributed by atoms with van der Waals surface area (Å²) in [6, 6.07) is 15.5. The van der Waals surface area contributed by atoms with E-state index < -0.39 is 12.0 Å². The van der Waals surface area contributed by atoms with E-state index in [1.54, 1.807) is 13.0 Å². The van der Waals surface area contributed by atoms with Crippen LogP contribution in [0.4, 0.5) is 4.79 Å². The van der Waals surface area contributed by atoms with Crippen LogP contribution in [0.1, 0.15) is 12.5 Å². The van der Waals surface area contributed by atoms with Crippen LogP contribution in [0.5, 0.6) is 0 Å². The van der Waals surface area contributed by atoms with Crippen LogP contribution in [0.15, 0.2) is 53.7 Å². The first-order chi connectivity index (χ1) is 13.1. The Morgan fingerprint density at radius 1 is 1.22 bits per heavy atom. The molecule has 0 unspecified atom stereocenters. The number of halogens is 1. The second-order valence-corrected chi connectivity index (χ2v) is 7.04. The fourth-order valence-electron chi connectivity index (χ4n) is 2.56. The van der Waals surface area contributed by atoms with Crippen LogP contribution in [0.2, 0.25) is 5.02 Å². The highest BCUT2D eigenvalue weighted by Gasteiger charge is 2.15. The lowest BCUT2D eigenvalue weighted by Gasteiger charge is -2.09. The summed E-state index contributed by atoms with van der Waals surface area (Å²) >= 11 is 7.34. The van der Waals surface area contributed by atoms with Crippen molar-refractivity contribution in [2.45, 2.75) is 18.6 Å². The number of hydrogen-bond donors (Lipinski definition) is 1. The number of rotatable bonds is 6. The Bertz CT molecular complexity index is 959. The Morgan fingerprint density at radius 2 is 2.00 bits per heavy atom. The third-order valence-corrected chi connectivity index (χ3v) is 4.92. The number of benzene rings is 2. The predicted molar refractivity (Wildman–Crippen MR) is 106 cm³/mol. The first-order valence-corrected chi connectivity index (χ1v) is 9.72. The Morgan fingerprint density at radius 3 is 2.74 bits per heavy atom. The van der Waals surface area contributed by atoms with Gasteiger partial charge < -0.3 is 9.30 Å². The molecule has 0 bridgehead atoms. The van der Waals surface area contributed by atoms with Gasteiger partial charge in [0.15, 0.2) is 5.16 Å². The number of imide groups is 1. The van der Waals surface area contributed by atoms with Crippen molar-refractivity contribution in [3.63, 3.8) is 0 Å². The standard InChI is InChI=1S/C19H18ClN3O3S/c1-2-26-19(25)22-17(24)12-27-18-21-15-10-14(20)8-9-16(15)23(18)11-13-6-4-3-5-7-13/h3-10H,2,11-12H2,1H3,(H,22,24,25). The van der Waals surface area contributed by atoms with Gasteiger partial charge in [-0.3, -0.25) is 10.1 Å². The molecule has 1 heterocycles. The van der Waals surface area contributed by atoms with Crippen LogP contribution in [0.3, 0.4) is 0 Å². The Labute approximate surface area is 165 Å². The molecule has 2 aromatic carbocycles. The first kappa shape index (κ1) is 19.3. The Balaban J connectivity index is 1.82. The maximum absolute atomic E-state index is 11.9. The number of carbonyl (C=O) groups excluding carboxylic acids is 2. The molecule has 3 aromatic rings. The van der Waals surface area contributed by atoms with Crippen molar-refractivity contribution in [3.05, 3.63) is 59.1 Å². The lowest BCUT2D eigenvalue weighted by Crippen LogP contribution is -2.32. The van der Waals surface area contributed by atoms with Crippen LogP contribution in [-0.4, -0.2) is 33.9 Å². The van der Waals surface area contributed by atoms with E-state index in [1.807, 2.05) is 47.0 Å². The Hall–Kier alpha value is -2.51. The van der Waals surface area contributed by atoms with Crippen molar-refractivity contribution in [1.29, 1.82) is 0 Å². The Kier molecular flexibility index (Phi) is 6.36. The van der Waals surface area contributed by atoms with Crippen molar-refractivity contribution in [2.75, 3.05) is 12.4 Å². The van der Waals surface area contributed by atoms with Gasteiger partial charge in [-0.25, -0.2) is 9.78 Å². The molecule has 0 atom stereocenters. The fraction of sp³-hybridized carbons (Fsp3) is 0.211. The zero-order valence-electron chi connectivity index (χ0n) is 14.6. The lowest BCUT2D eigenvalue weighted by atomic mass is 10.2. The number of nitrogens with one attached hydrogen (secondary N) is 1. The first-order valence-electron chi connectivity index (χ1n) is 8.36. The number of imidazole rings is 1. The molecule has 0 saturated heterocycles. The molecule has 3 rings (SSSR count). The second-order valence-electron chi connectivity index (χ2n) is 5.66. The quantitative estimate of drug-likeness (QED) is 0.627. The van der Waals surface area contributed by atoms with Gasteiger partial charge in [0.2, 0.25) is 5.91 Å². The summed E-state index contributed by atoms with van der Waals surface area (Å²) in [5, 5.41) is 3.46. The zero-order chi connectivity index (χ0) is 19.2. The molecule has 2 amide bonds. The minimum absolute atomic E-state index is 0.0463. The van der Waals surface area contributed by atoms with Crippen molar-refractivity contribution in [1.82, 2.24) is 14.9 Å². The van der Waals surface area contributed by atoms with E-state index in [0.29, 0.717) is 16.7 Å². The third-order valence-electron chi connectivity index (χ3n) is 3.71. The molecule has 0 aliphatic rings. The molecule has 1 N–H and O–H groups in total. The van der Waals surface area contributed by atoms with Gasteiger partial charge in [-0.05, 0) is 30.7 Å². The smallest absolute Gasteiger partial charge is 0.413 e. The van der Waals surface area contributed by atoms with E-state index in [9.17, 15) is 9.59 Å². The van der Waals surface area contributed by atoms with Gasteiger partial charge in [-0.1, -0.05) is 53.7 Å². The van der Waals surface area contributed by atoms with E-state index in [4.69, 9.17) is 16.3 Å². The highest BCUT2D eigenvalue weighted by atomic mass is 35.5. The van der Waals surface area contributed by atoms with Crippen molar-refractivity contribution in [3.8, 4) is 0 Å². The van der Waals surface area contributed by atoms with E-state index in [-0.39, 0.29) is 12.4 Å². The van der Waals surface area contributed by atoms with Crippen LogP contribution < -0.4 is 5.32 Å². The van der Waals surface area contributed by atoms with E-state index >= 15 is 0 Å². The van der Waals surface area contributed by atoms with Gasteiger partial charge in [0.1, 0.15) is 0 Å². The van der Waals surface area contributed by atoms with Gasteiger partial charge in [-0.15, -0.1) is 0 Å². The number of carbonyl (C=O) groups is 2. The highest BCUT2D eigenvalue weighted by Crippen LogP contribution is 2.27. The number of thioether (sulfide) groups is 1. The van der Waals surface area contributed by atoms with Crippen molar-refractivity contribution < 1.29 is 14.3 Å². The number of hydrogen-bond acceptors (Lipinski definition) is 5. The number of nitrogens with zero attached hydrogens (tertiary/aromatic N) is 2. The monoisotopic (exact) mass is 403 g/mol. The molecule has 6 nitrogen and oxygen atoms in total. The number of aromatic nitrogens is 2. The van der Waals surface area contributed by atoms with Gasteiger partial charge in [0, 0.05) is 5.02 Å². The molecule has 8 heteroatoms. The van der Waals surface area contributed by atoms with Gasteiger partial charge in [-0.2, -0.15) is 0 Å². The van der Waals surface area contributed by atoms with E-state index in [0.717, 1.165) is 16.6 Å². The molecule has 27 heavy (non-hydrogen) atoms. The number of amides is 2. The largest absolute Gasteiger partial charge is 0.450 e. The SMILES string of the molecule is CCOC(=O)NC(=O)CSc1nc2cc(Cl)ccc2n1Cc1ccccc1. The minimum atomic E-state index is -0.743. The van der Waals surface area contributed by atoms with Gasteiger partial charge in [0.05, 0.1) is 29.9 Å². The highest BCUT2D eigenvalue weighted by molar-refractivity contribution is 7.99. The zero-order valence-corrected chi connectivity index (χ0v) is 16.2. The molecule has 1 aromatic heterocycles. The van der Waals surface area contributed by atoms with Gasteiger partial charge in [0.25, 0.3) is 0 Å². The summed E-state index contributed by atoms with van der Waals surface area (Å²) < 4.78 is 6.74. The number of alkyl carbamates (subject to hydrolysis) is 1. The van der Waals surface area contributed by atoms with Gasteiger partial charge >= 0.3 is 6.09 Å². The third kappa shape index (κ3) is 5.02. The van der Waals surface area contributed by atoms with Crippen molar-refractivity contribution in [2.24, 2.45) is 0 Å². The van der Waals surface area contributed by atoms with E-state index in [1.165, 1.54) is 11.8 Å². The maximum Gasteiger partial charge on any atom is 0.413 e. The molecular weight excluding hydrogens is 386 g/mol. The van der Waals surface area contributed by atoms with Crippen LogP contribution in [0, 0.1) is 0 Å². The molecule has 140 valence electrons. The minimum Gasteiger partial charge on any atom is -0.450 e. The normalized spacial score (nSPS) is 10.7. The summed E-state index contributed by atoms with van der Waals surface area (Å²) in [5.74, 6) is -0.389. The van der Waals surface area contributed by atoms with Crippen molar-refractivity contribution >= 4 is 46.4 Å². The lowest BCUT2D eigenvalue weighted by molar-refractivity contribution is -0.117. The molecule has 0 spiro atoms. The molecule has 0 aliphatic carbocycles. The van der Waals surface area contributed by atoms with Crippen LogP contribution >= 0.6 is 23.4 Å². The number of fused-ring (bicyclic) bond motifs is 1. The average molecular weight is 404 g/mol. The summed E-state index contributed by atoms with van der Waals surface area (Å²) in [7, 11) is 0. The van der Waals surface area contributed by atoms with Crippen LogP contribution in [-0.2, 0) is 16.1 Å². The van der Waals surface area contributed by atoms with Crippen LogP contribution in [0.25, 0.3) is 11.0 Å². The van der Waals surface area contributed by atoms with E-state index in [2.05, 4.69) is 10.3 Å². The average Bonchev–Trinajstić information content (AvgIpc) is 2.97. The topological polar surface area (TPSA) is 73.2 Å². The fourth-order valence-corrected chi connectivity index (χ4v) is 3.54. The molecular formula is C19H18ClN3O3S. The maximum atomic E-state index is 11.9. The summed E-state index contributed by atoms with van der Waals surface area (Å²) in [6.07, 6.45) is -0.743. The molecule has 0 saturated carbocycles. The summed E-state index contributed by atoms with van der Waals surface area (Å²) in [4.78, 5) is 27.9. The molecule has 0 fully saturated rings. The second kappa shape index (κ2) is 8.92. The molecule has 0 aliphatic heterocycles.